The average molecular weight is 327 g/mol. The number of ether oxygens (including phenoxy) is 2. The maximum Gasteiger partial charge on any atom is 0.407 e. The SMILES string of the molecule is COC(OC)C(C1c2ccccc2-c2ccccc21)N(C)C(=O)O. The number of likely N-dealkylation sites (N-methyl/N-ethyl adjacent to an activating group) is 1. The molecule has 0 fully saturated rings. The van der Waals surface area contributed by atoms with Gasteiger partial charge in [-0.1, -0.05) is 48.5 Å². The van der Waals surface area contributed by atoms with Crippen LogP contribution in [0.5, 0.6) is 0 Å². The highest BCUT2D eigenvalue weighted by molar-refractivity contribution is 5.79. The fourth-order valence-corrected chi connectivity index (χ4v) is 3.63. The lowest BCUT2D eigenvalue weighted by Crippen LogP contribution is -2.49. The van der Waals surface area contributed by atoms with E-state index in [0.717, 1.165) is 22.3 Å². The molecule has 2 aromatic carbocycles. The zero-order chi connectivity index (χ0) is 17.3. The van der Waals surface area contributed by atoms with Gasteiger partial charge in [0, 0.05) is 27.2 Å². The first-order valence-corrected chi connectivity index (χ1v) is 7.79. The molecule has 24 heavy (non-hydrogen) atoms. The Bertz CT molecular complexity index is 696. The monoisotopic (exact) mass is 327 g/mol. The third kappa shape index (κ3) is 2.56. The molecule has 1 N–H and O–H groups in total. The number of carboxylic acid groups (broad SMARTS) is 1. The molecule has 1 unspecified atom stereocenters. The number of methoxy groups -OCH3 is 2. The van der Waals surface area contributed by atoms with E-state index < -0.39 is 18.4 Å². The van der Waals surface area contributed by atoms with Gasteiger partial charge in [0.05, 0.1) is 6.04 Å². The lowest BCUT2D eigenvalue weighted by atomic mass is 9.88. The molecule has 126 valence electrons. The van der Waals surface area contributed by atoms with Gasteiger partial charge in [-0.2, -0.15) is 0 Å². The highest BCUT2D eigenvalue weighted by Crippen LogP contribution is 2.47. The molecule has 0 aliphatic heterocycles. The quantitative estimate of drug-likeness (QED) is 0.855. The summed E-state index contributed by atoms with van der Waals surface area (Å²) in [5.41, 5.74) is 4.45. The second-order valence-corrected chi connectivity index (χ2v) is 5.88. The molecule has 0 bridgehead atoms. The Morgan fingerprint density at radius 3 is 1.88 bits per heavy atom. The van der Waals surface area contributed by atoms with E-state index in [9.17, 15) is 9.90 Å². The van der Waals surface area contributed by atoms with Gasteiger partial charge >= 0.3 is 6.09 Å². The number of hydrogen-bond acceptors (Lipinski definition) is 3. The van der Waals surface area contributed by atoms with Gasteiger partial charge in [-0.05, 0) is 22.3 Å². The van der Waals surface area contributed by atoms with Crippen LogP contribution in [0.1, 0.15) is 17.0 Å². The molecule has 1 atom stereocenters. The van der Waals surface area contributed by atoms with Crippen molar-refractivity contribution in [3.05, 3.63) is 59.7 Å². The molecule has 0 radical (unpaired) electrons. The minimum absolute atomic E-state index is 0.150. The summed E-state index contributed by atoms with van der Waals surface area (Å²) in [4.78, 5) is 13.0. The van der Waals surface area contributed by atoms with Gasteiger partial charge in [-0.3, -0.25) is 0 Å². The van der Waals surface area contributed by atoms with E-state index in [0.29, 0.717) is 0 Å². The number of benzene rings is 2. The predicted octanol–water partition coefficient (Wildman–Crippen LogP) is 3.40. The minimum Gasteiger partial charge on any atom is -0.465 e. The standard InChI is InChI=1S/C19H21NO4/c1-20(19(21)22)17(18(23-2)24-3)16-14-10-6-4-8-12(14)13-9-5-7-11-15(13)16/h4-11,16-18H,1-3H3,(H,21,22). The molecule has 1 amide bonds. The average Bonchev–Trinajstić information content (AvgIpc) is 2.93. The lowest BCUT2D eigenvalue weighted by molar-refractivity contribution is -0.142. The molecular weight excluding hydrogens is 306 g/mol. The molecule has 0 aromatic heterocycles. The maximum absolute atomic E-state index is 11.7. The molecule has 0 saturated heterocycles. The van der Waals surface area contributed by atoms with Crippen LogP contribution in [-0.2, 0) is 9.47 Å². The molecular formula is C19H21NO4. The van der Waals surface area contributed by atoms with Crippen molar-refractivity contribution in [1.82, 2.24) is 4.90 Å². The van der Waals surface area contributed by atoms with Crippen molar-refractivity contribution in [2.24, 2.45) is 0 Å². The van der Waals surface area contributed by atoms with Crippen molar-refractivity contribution in [3.8, 4) is 11.1 Å². The Hall–Kier alpha value is -2.37. The molecule has 5 heteroatoms. The molecule has 2 aromatic rings. The van der Waals surface area contributed by atoms with Gasteiger partial charge in [0.25, 0.3) is 0 Å². The molecule has 0 heterocycles. The minimum atomic E-state index is -1.01. The van der Waals surface area contributed by atoms with E-state index in [1.165, 1.54) is 19.1 Å². The van der Waals surface area contributed by atoms with Crippen molar-refractivity contribution in [2.75, 3.05) is 21.3 Å². The van der Waals surface area contributed by atoms with E-state index in [1.807, 2.05) is 36.4 Å². The second-order valence-electron chi connectivity index (χ2n) is 5.88. The van der Waals surface area contributed by atoms with Crippen molar-refractivity contribution in [2.45, 2.75) is 18.2 Å². The van der Waals surface area contributed by atoms with Crippen LogP contribution in [0.15, 0.2) is 48.5 Å². The zero-order valence-corrected chi connectivity index (χ0v) is 14.0. The van der Waals surface area contributed by atoms with Crippen molar-refractivity contribution < 1.29 is 19.4 Å². The van der Waals surface area contributed by atoms with Crippen LogP contribution in [0, 0.1) is 0 Å². The van der Waals surface area contributed by atoms with E-state index in [1.54, 1.807) is 7.05 Å². The molecule has 1 aliphatic carbocycles. The molecule has 5 nitrogen and oxygen atoms in total. The molecule has 1 aliphatic rings. The summed E-state index contributed by atoms with van der Waals surface area (Å²) in [5, 5.41) is 9.56. The molecule has 0 saturated carbocycles. The third-order valence-corrected chi connectivity index (χ3v) is 4.72. The van der Waals surface area contributed by atoms with Crippen LogP contribution in [0.3, 0.4) is 0 Å². The van der Waals surface area contributed by atoms with Gasteiger partial charge < -0.3 is 19.5 Å². The summed E-state index contributed by atoms with van der Waals surface area (Å²) in [7, 11) is 4.62. The Labute approximate surface area is 141 Å². The van der Waals surface area contributed by atoms with Crippen LogP contribution in [-0.4, -0.2) is 49.7 Å². The van der Waals surface area contributed by atoms with Crippen LogP contribution >= 0.6 is 0 Å². The first-order valence-electron chi connectivity index (χ1n) is 7.79. The summed E-state index contributed by atoms with van der Waals surface area (Å²) in [6.07, 6.45) is -1.68. The van der Waals surface area contributed by atoms with Crippen LogP contribution in [0.2, 0.25) is 0 Å². The fourth-order valence-electron chi connectivity index (χ4n) is 3.63. The number of fused-ring (bicyclic) bond motifs is 3. The fraction of sp³-hybridized carbons (Fsp3) is 0.316. The molecule has 0 spiro atoms. The summed E-state index contributed by atoms with van der Waals surface area (Å²) in [6.45, 7) is 0. The van der Waals surface area contributed by atoms with Crippen molar-refractivity contribution in [1.29, 1.82) is 0 Å². The van der Waals surface area contributed by atoms with E-state index in [-0.39, 0.29) is 5.92 Å². The number of carbonyl (C=O) groups is 1. The summed E-state index contributed by atoms with van der Waals surface area (Å²) < 4.78 is 10.9. The summed E-state index contributed by atoms with van der Waals surface area (Å²) in [5.74, 6) is -0.150. The van der Waals surface area contributed by atoms with Gasteiger partial charge in [-0.25, -0.2) is 4.79 Å². The van der Waals surface area contributed by atoms with E-state index in [4.69, 9.17) is 9.47 Å². The Kier molecular flexibility index (Phi) is 4.55. The Balaban J connectivity index is 2.18. The van der Waals surface area contributed by atoms with Crippen LogP contribution in [0.4, 0.5) is 4.79 Å². The summed E-state index contributed by atoms with van der Waals surface area (Å²) in [6, 6.07) is 15.7. The number of nitrogens with zero attached hydrogens (tertiary/aromatic N) is 1. The van der Waals surface area contributed by atoms with Crippen molar-refractivity contribution in [3.63, 3.8) is 0 Å². The van der Waals surface area contributed by atoms with E-state index >= 15 is 0 Å². The predicted molar refractivity (Wildman–Crippen MR) is 91.1 cm³/mol. The third-order valence-electron chi connectivity index (χ3n) is 4.72. The lowest BCUT2D eigenvalue weighted by Gasteiger charge is -2.36. The number of rotatable bonds is 5. The highest BCUT2D eigenvalue weighted by atomic mass is 16.7. The van der Waals surface area contributed by atoms with Crippen LogP contribution in [0.25, 0.3) is 11.1 Å². The van der Waals surface area contributed by atoms with Gasteiger partial charge in [0.2, 0.25) is 0 Å². The van der Waals surface area contributed by atoms with Gasteiger partial charge in [0.15, 0.2) is 6.29 Å². The molecule has 3 rings (SSSR count). The Morgan fingerprint density at radius 2 is 1.46 bits per heavy atom. The second kappa shape index (κ2) is 6.63. The Morgan fingerprint density at radius 1 is 1.00 bits per heavy atom. The van der Waals surface area contributed by atoms with Gasteiger partial charge in [-0.15, -0.1) is 0 Å². The summed E-state index contributed by atoms with van der Waals surface area (Å²) >= 11 is 0. The van der Waals surface area contributed by atoms with Gasteiger partial charge in [0.1, 0.15) is 0 Å². The number of hydrogen-bond donors (Lipinski definition) is 1. The first-order chi connectivity index (χ1) is 11.6. The largest absolute Gasteiger partial charge is 0.465 e. The zero-order valence-electron chi connectivity index (χ0n) is 14.0. The normalized spacial score (nSPS) is 14.3. The highest BCUT2D eigenvalue weighted by Gasteiger charge is 2.42. The maximum atomic E-state index is 11.7. The first kappa shape index (κ1) is 16.5. The number of amides is 1. The smallest absolute Gasteiger partial charge is 0.407 e. The topological polar surface area (TPSA) is 59.0 Å². The van der Waals surface area contributed by atoms with Crippen molar-refractivity contribution >= 4 is 6.09 Å². The van der Waals surface area contributed by atoms with Crippen LogP contribution < -0.4 is 0 Å². The van der Waals surface area contributed by atoms with E-state index in [2.05, 4.69) is 12.1 Å².